The van der Waals surface area contributed by atoms with Crippen molar-refractivity contribution in [1.29, 1.82) is 0 Å². The molecule has 0 aliphatic carbocycles. The van der Waals surface area contributed by atoms with E-state index >= 15 is 0 Å². The second kappa shape index (κ2) is 12.8. The zero-order chi connectivity index (χ0) is 23.6. The number of fused-ring (bicyclic) bond motifs is 1. The summed E-state index contributed by atoms with van der Waals surface area (Å²) < 4.78 is 11.7. The first-order valence-corrected chi connectivity index (χ1v) is 13.1. The van der Waals surface area contributed by atoms with E-state index < -0.39 is 0 Å². The van der Waals surface area contributed by atoms with E-state index in [1.165, 1.54) is 4.90 Å². The highest BCUT2D eigenvalue weighted by atomic mass is 32.2. The molecule has 3 aromatic rings. The molecule has 0 aliphatic heterocycles. The number of benzene rings is 2. The summed E-state index contributed by atoms with van der Waals surface area (Å²) in [6.07, 6.45) is 1.31. The van der Waals surface area contributed by atoms with Gasteiger partial charge in [0.25, 0.3) is 0 Å². The van der Waals surface area contributed by atoms with E-state index in [4.69, 9.17) is 14.5 Å². The highest BCUT2D eigenvalue weighted by Gasteiger charge is 2.21. The molecule has 2 aromatic carbocycles. The Morgan fingerprint density at radius 1 is 1.03 bits per heavy atom. The molecule has 0 saturated carbocycles. The Morgan fingerprint density at radius 3 is 2.45 bits per heavy atom. The third kappa shape index (κ3) is 6.85. The van der Waals surface area contributed by atoms with Crippen molar-refractivity contribution < 1.29 is 14.3 Å². The van der Waals surface area contributed by atoms with Crippen LogP contribution >= 0.6 is 23.1 Å². The molecular formula is C25H33N3O3S2. The van der Waals surface area contributed by atoms with Crippen molar-refractivity contribution in [1.82, 2.24) is 9.88 Å². The summed E-state index contributed by atoms with van der Waals surface area (Å²) in [5.41, 5.74) is 0.815. The van der Waals surface area contributed by atoms with Crippen LogP contribution in [0.2, 0.25) is 0 Å². The van der Waals surface area contributed by atoms with Gasteiger partial charge in [-0.2, -0.15) is 0 Å². The van der Waals surface area contributed by atoms with E-state index in [-0.39, 0.29) is 5.91 Å². The first-order chi connectivity index (χ1) is 16.1. The Kier molecular flexibility index (Phi) is 9.84. The van der Waals surface area contributed by atoms with Crippen LogP contribution in [-0.4, -0.2) is 61.9 Å². The van der Waals surface area contributed by atoms with Gasteiger partial charge in [0.05, 0.1) is 18.9 Å². The molecule has 0 bridgehead atoms. The SMILES string of the molecule is CCN(CC)CCN(C(=O)CCCSc1ccc(OC)cc1)c1nc2c(OC)cccc2s1. The van der Waals surface area contributed by atoms with Gasteiger partial charge in [-0.25, -0.2) is 4.98 Å². The lowest BCUT2D eigenvalue weighted by molar-refractivity contribution is -0.118. The number of thioether (sulfide) groups is 1. The van der Waals surface area contributed by atoms with Crippen molar-refractivity contribution in [3.8, 4) is 11.5 Å². The molecule has 6 nitrogen and oxygen atoms in total. The van der Waals surface area contributed by atoms with Crippen LogP contribution in [0.25, 0.3) is 10.2 Å². The van der Waals surface area contributed by atoms with Crippen molar-refractivity contribution in [3.05, 3.63) is 42.5 Å². The fraction of sp³-hybridized carbons (Fsp3) is 0.440. The highest BCUT2D eigenvalue weighted by Crippen LogP contribution is 2.34. The van der Waals surface area contributed by atoms with Gasteiger partial charge in [0.15, 0.2) is 5.13 Å². The van der Waals surface area contributed by atoms with Crippen molar-refractivity contribution in [2.75, 3.05) is 51.1 Å². The number of hydrogen-bond acceptors (Lipinski definition) is 7. The number of para-hydroxylation sites is 1. The Morgan fingerprint density at radius 2 is 1.79 bits per heavy atom. The fourth-order valence-corrected chi connectivity index (χ4v) is 5.40. The minimum absolute atomic E-state index is 0.121. The number of hydrogen-bond donors (Lipinski definition) is 0. The van der Waals surface area contributed by atoms with Crippen LogP contribution in [0, 0.1) is 0 Å². The first-order valence-electron chi connectivity index (χ1n) is 11.3. The number of nitrogens with zero attached hydrogens (tertiary/aromatic N) is 3. The number of aromatic nitrogens is 1. The monoisotopic (exact) mass is 487 g/mol. The van der Waals surface area contributed by atoms with Gasteiger partial charge in [0.2, 0.25) is 5.91 Å². The molecule has 1 heterocycles. The lowest BCUT2D eigenvalue weighted by Crippen LogP contribution is -2.38. The second-order valence-electron chi connectivity index (χ2n) is 7.50. The average Bonchev–Trinajstić information content (AvgIpc) is 3.28. The van der Waals surface area contributed by atoms with E-state index in [2.05, 4.69) is 30.9 Å². The molecule has 0 atom stereocenters. The number of rotatable bonds is 13. The minimum atomic E-state index is 0.121. The molecule has 0 N–H and O–H groups in total. The standard InChI is InChI=1S/C25H33N3O3S2/c1-5-27(6-2)16-17-28(25-26-24-21(31-4)9-7-10-22(24)33-25)23(29)11-8-18-32-20-14-12-19(30-3)13-15-20/h7,9-10,12-15H,5-6,8,11,16-18H2,1-4H3. The molecule has 178 valence electrons. The van der Waals surface area contributed by atoms with E-state index in [9.17, 15) is 4.79 Å². The maximum atomic E-state index is 13.3. The number of ether oxygens (including phenoxy) is 2. The Balaban J connectivity index is 1.67. The van der Waals surface area contributed by atoms with E-state index in [0.29, 0.717) is 13.0 Å². The highest BCUT2D eigenvalue weighted by molar-refractivity contribution is 7.99. The van der Waals surface area contributed by atoms with Crippen LogP contribution in [0.15, 0.2) is 47.4 Å². The molecule has 3 rings (SSSR count). The smallest absolute Gasteiger partial charge is 0.228 e. The zero-order valence-corrected chi connectivity index (χ0v) is 21.5. The Bertz CT molecular complexity index is 1020. The van der Waals surface area contributed by atoms with Crippen molar-refractivity contribution in [2.24, 2.45) is 0 Å². The number of methoxy groups -OCH3 is 2. The zero-order valence-electron chi connectivity index (χ0n) is 19.9. The summed E-state index contributed by atoms with van der Waals surface area (Å²) in [6.45, 7) is 7.68. The minimum Gasteiger partial charge on any atom is -0.497 e. The summed E-state index contributed by atoms with van der Waals surface area (Å²) in [4.78, 5) is 23.4. The molecule has 0 fully saturated rings. The summed E-state index contributed by atoms with van der Waals surface area (Å²) in [6, 6.07) is 13.9. The number of anilines is 1. The van der Waals surface area contributed by atoms with Gasteiger partial charge in [-0.05, 0) is 61.7 Å². The summed E-state index contributed by atoms with van der Waals surface area (Å²) in [5.74, 6) is 2.60. The number of thiazole rings is 1. The van der Waals surface area contributed by atoms with E-state index in [1.807, 2.05) is 35.2 Å². The van der Waals surface area contributed by atoms with Crippen LogP contribution in [0.3, 0.4) is 0 Å². The number of likely N-dealkylation sites (N-methyl/N-ethyl adjacent to an activating group) is 1. The quantitative estimate of drug-likeness (QED) is 0.232. The summed E-state index contributed by atoms with van der Waals surface area (Å²) >= 11 is 3.31. The molecule has 1 amide bonds. The molecule has 0 spiro atoms. The number of carbonyl (C=O) groups is 1. The normalized spacial score (nSPS) is 11.2. The number of carbonyl (C=O) groups excluding carboxylic acids is 1. The van der Waals surface area contributed by atoms with Crippen LogP contribution < -0.4 is 14.4 Å². The van der Waals surface area contributed by atoms with Crippen LogP contribution in [0.1, 0.15) is 26.7 Å². The predicted octanol–water partition coefficient (Wildman–Crippen LogP) is 5.56. The lowest BCUT2D eigenvalue weighted by atomic mass is 10.3. The fourth-order valence-electron chi connectivity index (χ4n) is 3.52. The van der Waals surface area contributed by atoms with Crippen LogP contribution in [0.5, 0.6) is 11.5 Å². The third-order valence-electron chi connectivity index (χ3n) is 5.52. The molecule has 0 unspecified atom stereocenters. The van der Waals surface area contributed by atoms with Crippen LogP contribution in [0.4, 0.5) is 5.13 Å². The lowest BCUT2D eigenvalue weighted by Gasteiger charge is -2.24. The van der Waals surface area contributed by atoms with Gasteiger partial charge in [-0.15, -0.1) is 11.8 Å². The second-order valence-corrected chi connectivity index (χ2v) is 9.68. The largest absolute Gasteiger partial charge is 0.497 e. The topological polar surface area (TPSA) is 54.9 Å². The average molecular weight is 488 g/mol. The molecular weight excluding hydrogens is 454 g/mol. The molecule has 1 aromatic heterocycles. The predicted molar refractivity (Wildman–Crippen MR) is 139 cm³/mol. The molecule has 0 aliphatic rings. The summed E-state index contributed by atoms with van der Waals surface area (Å²) in [7, 11) is 3.32. The Hall–Kier alpha value is -2.29. The van der Waals surface area contributed by atoms with E-state index in [0.717, 1.165) is 58.7 Å². The molecule has 0 saturated heterocycles. The van der Waals surface area contributed by atoms with E-state index in [1.54, 1.807) is 37.3 Å². The van der Waals surface area contributed by atoms with Gasteiger partial charge in [0.1, 0.15) is 17.0 Å². The van der Waals surface area contributed by atoms with Gasteiger partial charge < -0.3 is 14.4 Å². The first kappa shape index (κ1) is 25.3. The van der Waals surface area contributed by atoms with Gasteiger partial charge in [0, 0.05) is 24.4 Å². The van der Waals surface area contributed by atoms with Crippen molar-refractivity contribution in [3.63, 3.8) is 0 Å². The van der Waals surface area contributed by atoms with Gasteiger partial charge in [-0.1, -0.05) is 31.3 Å². The third-order valence-corrected chi connectivity index (χ3v) is 7.66. The Labute approximate surface area is 204 Å². The van der Waals surface area contributed by atoms with Gasteiger partial charge in [-0.3, -0.25) is 9.69 Å². The van der Waals surface area contributed by atoms with Crippen molar-refractivity contribution >= 4 is 44.4 Å². The van der Waals surface area contributed by atoms with Crippen LogP contribution in [-0.2, 0) is 4.79 Å². The molecule has 8 heteroatoms. The molecule has 0 radical (unpaired) electrons. The molecule has 33 heavy (non-hydrogen) atoms. The summed E-state index contributed by atoms with van der Waals surface area (Å²) in [5, 5.41) is 0.745. The van der Waals surface area contributed by atoms with Gasteiger partial charge >= 0.3 is 0 Å². The van der Waals surface area contributed by atoms with Crippen molar-refractivity contribution in [2.45, 2.75) is 31.6 Å². The number of amides is 1. The maximum Gasteiger partial charge on any atom is 0.228 e. The maximum absolute atomic E-state index is 13.3.